The molecule has 1 atom stereocenters. The van der Waals surface area contributed by atoms with Gasteiger partial charge in [-0.25, -0.2) is 4.79 Å². The number of aliphatic hydroxyl groups excluding tert-OH is 1. The Morgan fingerprint density at radius 2 is 2.16 bits per heavy atom. The van der Waals surface area contributed by atoms with E-state index < -0.39 is 17.9 Å². The molecular formula is C14H18O5. The van der Waals surface area contributed by atoms with Gasteiger partial charge in [0.25, 0.3) is 0 Å². The number of aliphatic carboxylic acids is 1. The molecule has 0 aromatic rings. The van der Waals surface area contributed by atoms with Gasteiger partial charge in [0.15, 0.2) is 0 Å². The minimum absolute atomic E-state index is 0.0751. The molecule has 0 radical (unpaired) electrons. The van der Waals surface area contributed by atoms with Gasteiger partial charge in [0.2, 0.25) is 0 Å². The van der Waals surface area contributed by atoms with Gasteiger partial charge in [-0.1, -0.05) is 18.2 Å². The second kappa shape index (κ2) is 7.53. The highest BCUT2D eigenvalue weighted by atomic mass is 16.5. The molecule has 1 aliphatic rings. The van der Waals surface area contributed by atoms with Crippen molar-refractivity contribution in [2.75, 3.05) is 13.2 Å². The number of hydrogen-bond donors (Lipinski definition) is 2. The summed E-state index contributed by atoms with van der Waals surface area (Å²) in [5, 5.41) is 17.5. The SMILES string of the molecule is CC=C1C=C(C(=O)O)C=CC1C(=O)OCCCCO. The van der Waals surface area contributed by atoms with Crippen LogP contribution in [0.3, 0.4) is 0 Å². The highest BCUT2D eigenvalue weighted by Gasteiger charge is 2.24. The zero-order valence-corrected chi connectivity index (χ0v) is 10.8. The van der Waals surface area contributed by atoms with Gasteiger partial charge in [0.1, 0.15) is 0 Å². The van der Waals surface area contributed by atoms with Crippen LogP contribution in [-0.4, -0.2) is 35.4 Å². The van der Waals surface area contributed by atoms with Gasteiger partial charge in [-0.15, -0.1) is 0 Å². The van der Waals surface area contributed by atoms with Crippen molar-refractivity contribution >= 4 is 11.9 Å². The topological polar surface area (TPSA) is 83.8 Å². The summed E-state index contributed by atoms with van der Waals surface area (Å²) in [6.07, 6.45) is 7.32. The number of hydrogen-bond acceptors (Lipinski definition) is 4. The van der Waals surface area contributed by atoms with Crippen LogP contribution in [0.4, 0.5) is 0 Å². The van der Waals surface area contributed by atoms with E-state index in [0.717, 1.165) is 0 Å². The molecule has 2 N–H and O–H groups in total. The molecule has 0 spiro atoms. The molecule has 0 amide bonds. The van der Waals surface area contributed by atoms with Crippen LogP contribution in [0.15, 0.2) is 35.5 Å². The molecule has 1 unspecified atom stereocenters. The quantitative estimate of drug-likeness (QED) is 0.561. The summed E-state index contributed by atoms with van der Waals surface area (Å²) in [7, 11) is 0. The molecule has 1 rings (SSSR count). The normalized spacial score (nSPS) is 20.2. The van der Waals surface area contributed by atoms with E-state index in [0.29, 0.717) is 18.4 Å². The van der Waals surface area contributed by atoms with Gasteiger partial charge < -0.3 is 14.9 Å². The summed E-state index contributed by atoms with van der Waals surface area (Å²) in [5.74, 6) is -1.98. The fourth-order valence-electron chi connectivity index (χ4n) is 1.72. The first kappa shape index (κ1) is 15.2. The average Bonchev–Trinajstić information content (AvgIpc) is 2.42. The van der Waals surface area contributed by atoms with Crippen molar-refractivity contribution in [3.8, 4) is 0 Å². The van der Waals surface area contributed by atoms with Crippen molar-refractivity contribution in [2.24, 2.45) is 5.92 Å². The average molecular weight is 266 g/mol. The Morgan fingerprint density at radius 3 is 2.74 bits per heavy atom. The van der Waals surface area contributed by atoms with Crippen LogP contribution in [0.2, 0.25) is 0 Å². The fourth-order valence-corrected chi connectivity index (χ4v) is 1.72. The Labute approximate surface area is 111 Å². The molecule has 0 bridgehead atoms. The Morgan fingerprint density at radius 1 is 1.42 bits per heavy atom. The van der Waals surface area contributed by atoms with Crippen LogP contribution in [0, 0.1) is 5.92 Å². The van der Waals surface area contributed by atoms with Crippen LogP contribution < -0.4 is 0 Å². The third-order valence-corrected chi connectivity index (χ3v) is 2.78. The van der Waals surface area contributed by atoms with Crippen LogP contribution >= 0.6 is 0 Å². The van der Waals surface area contributed by atoms with Crippen LogP contribution in [-0.2, 0) is 14.3 Å². The summed E-state index contributed by atoms with van der Waals surface area (Å²) >= 11 is 0. The number of esters is 1. The van der Waals surface area contributed by atoms with E-state index in [9.17, 15) is 9.59 Å². The van der Waals surface area contributed by atoms with Crippen molar-refractivity contribution < 1.29 is 24.5 Å². The first-order valence-electron chi connectivity index (χ1n) is 6.17. The van der Waals surface area contributed by atoms with E-state index in [4.69, 9.17) is 14.9 Å². The van der Waals surface area contributed by atoms with Gasteiger partial charge in [-0.3, -0.25) is 4.79 Å². The van der Waals surface area contributed by atoms with Crippen molar-refractivity contribution in [3.05, 3.63) is 35.5 Å². The van der Waals surface area contributed by atoms with Crippen LogP contribution in [0.25, 0.3) is 0 Å². The standard InChI is InChI=1S/C14H18O5/c1-2-10-9-11(13(16)17)5-6-12(10)14(18)19-8-4-3-7-15/h2,5-6,9,12,15H,3-4,7-8H2,1H3,(H,16,17). The minimum Gasteiger partial charge on any atom is -0.478 e. The number of unbranched alkanes of at least 4 members (excludes halogenated alkanes) is 1. The lowest BCUT2D eigenvalue weighted by Crippen LogP contribution is -2.20. The van der Waals surface area contributed by atoms with Gasteiger partial charge in [0, 0.05) is 6.61 Å². The lowest BCUT2D eigenvalue weighted by molar-refractivity contribution is -0.145. The molecule has 19 heavy (non-hydrogen) atoms. The number of aliphatic hydroxyl groups is 1. The smallest absolute Gasteiger partial charge is 0.335 e. The highest BCUT2D eigenvalue weighted by Crippen LogP contribution is 2.23. The van der Waals surface area contributed by atoms with Crippen molar-refractivity contribution in [3.63, 3.8) is 0 Å². The summed E-state index contributed by atoms with van der Waals surface area (Å²) in [6.45, 7) is 2.08. The number of carboxylic acids is 1. The minimum atomic E-state index is -1.02. The summed E-state index contributed by atoms with van der Waals surface area (Å²) < 4.78 is 5.09. The predicted molar refractivity (Wildman–Crippen MR) is 69.4 cm³/mol. The van der Waals surface area contributed by atoms with E-state index in [1.807, 2.05) is 0 Å². The second-order valence-corrected chi connectivity index (χ2v) is 4.13. The molecule has 5 heteroatoms. The molecule has 0 aromatic heterocycles. The molecule has 0 aromatic carbocycles. The number of allylic oxidation sites excluding steroid dienone is 2. The van der Waals surface area contributed by atoms with Gasteiger partial charge in [-0.05, 0) is 31.4 Å². The van der Waals surface area contributed by atoms with E-state index in [1.165, 1.54) is 18.2 Å². The summed E-state index contributed by atoms with van der Waals surface area (Å²) in [6, 6.07) is 0. The highest BCUT2D eigenvalue weighted by molar-refractivity contribution is 5.92. The predicted octanol–water partition coefficient (Wildman–Crippen LogP) is 1.45. The Balaban J connectivity index is 2.62. The largest absolute Gasteiger partial charge is 0.478 e. The molecule has 0 saturated carbocycles. The van der Waals surface area contributed by atoms with Crippen molar-refractivity contribution in [1.29, 1.82) is 0 Å². The van der Waals surface area contributed by atoms with E-state index in [-0.39, 0.29) is 18.8 Å². The lowest BCUT2D eigenvalue weighted by atomic mass is 9.91. The Kier molecular flexibility index (Phi) is 6.02. The van der Waals surface area contributed by atoms with Crippen molar-refractivity contribution in [2.45, 2.75) is 19.8 Å². The molecule has 0 fully saturated rings. The maximum Gasteiger partial charge on any atom is 0.335 e. The van der Waals surface area contributed by atoms with Gasteiger partial charge in [-0.2, -0.15) is 0 Å². The Bertz CT molecular complexity index is 431. The number of rotatable bonds is 6. The molecule has 0 heterocycles. The monoisotopic (exact) mass is 266 g/mol. The maximum atomic E-state index is 11.9. The molecule has 1 aliphatic carbocycles. The molecule has 104 valence electrons. The molecule has 5 nitrogen and oxygen atoms in total. The zero-order chi connectivity index (χ0) is 14.3. The van der Waals surface area contributed by atoms with Crippen LogP contribution in [0.5, 0.6) is 0 Å². The number of carbonyl (C=O) groups excluding carboxylic acids is 1. The molecule has 0 aliphatic heterocycles. The van der Waals surface area contributed by atoms with Gasteiger partial charge >= 0.3 is 11.9 Å². The summed E-state index contributed by atoms with van der Waals surface area (Å²) in [4.78, 5) is 22.7. The van der Waals surface area contributed by atoms with Crippen LogP contribution in [0.1, 0.15) is 19.8 Å². The maximum absolute atomic E-state index is 11.9. The van der Waals surface area contributed by atoms with Crippen molar-refractivity contribution in [1.82, 2.24) is 0 Å². The second-order valence-electron chi connectivity index (χ2n) is 4.13. The third-order valence-electron chi connectivity index (χ3n) is 2.78. The van der Waals surface area contributed by atoms with E-state index in [1.54, 1.807) is 13.0 Å². The third kappa shape index (κ3) is 4.37. The lowest BCUT2D eigenvalue weighted by Gasteiger charge is -2.17. The van der Waals surface area contributed by atoms with E-state index in [2.05, 4.69) is 0 Å². The fraction of sp³-hybridized carbons (Fsp3) is 0.429. The number of ether oxygens (including phenoxy) is 1. The zero-order valence-electron chi connectivity index (χ0n) is 10.8. The first-order valence-corrected chi connectivity index (χ1v) is 6.17. The van der Waals surface area contributed by atoms with Gasteiger partial charge in [0.05, 0.1) is 18.1 Å². The molecule has 0 saturated heterocycles. The van der Waals surface area contributed by atoms with E-state index >= 15 is 0 Å². The molecular weight excluding hydrogens is 248 g/mol. The summed E-state index contributed by atoms with van der Waals surface area (Å²) in [5.41, 5.74) is 0.768. The number of carbonyl (C=O) groups is 2. The Hall–Kier alpha value is -1.88. The number of carboxylic acid groups (broad SMARTS) is 1. The first-order chi connectivity index (χ1) is 9.10.